The molecule has 0 spiro atoms. The summed E-state index contributed by atoms with van der Waals surface area (Å²) in [6, 6.07) is 20.8. The fraction of sp³-hybridized carbons (Fsp3) is 0.333. The van der Waals surface area contributed by atoms with Crippen LogP contribution in [-0.4, -0.2) is 75.6 Å². The molecular formula is C42H50ClF2N9O2. The number of pyridine rings is 2. The molecule has 0 bridgehead atoms. The highest BCUT2D eigenvalue weighted by Crippen LogP contribution is 2.17. The van der Waals surface area contributed by atoms with Crippen LogP contribution in [0.25, 0.3) is 22.8 Å². The van der Waals surface area contributed by atoms with Gasteiger partial charge in [0.25, 0.3) is 0 Å². The third kappa shape index (κ3) is 15.0. The zero-order valence-electron chi connectivity index (χ0n) is 32.6. The van der Waals surface area contributed by atoms with Gasteiger partial charge in [-0.15, -0.1) is 5.10 Å². The smallest absolute Gasteiger partial charge is 0.248 e. The topological polar surface area (TPSA) is 135 Å². The van der Waals surface area contributed by atoms with Gasteiger partial charge < -0.3 is 4.90 Å². The minimum Gasteiger partial charge on any atom is -0.304 e. The van der Waals surface area contributed by atoms with E-state index in [9.17, 15) is 18.4 Å². The Balaban J connectivity index is 0.000000236. The molecule has 296 valence electrons. The van der Waals surface area contributed by atoms with Crippen LogP contribution in [0.2, 0.25) is 0 Å². The Hall–Kier alpha value is -5.53. The lowest BCUT2D eigenvalue weighted by atomic mass is 10.1. The summed E-state index contributed by atoms with van der Waals surface area (Å²) in [7, 11) is 0. The summed E-state index contributed by atoms with van der Waals surface area (Å²) in [5, 5.41) is 11.1. The van der Waals surface area contributed by atoms with Gasteiger partial charge in [0.1, 0.15) is 23.3 Å². The maximum absolute atomic E-state index is 13.8. The van der Waals surface area contributed by atoms with Crippen LogP contribution < -0.4 is 0 Å². The fourth-order valence-corrected chi connectivity index (χ4v) is 5.08. The van der Waals surface area contributed by atoms with Crippen LogP contribution in [0.5, 0.6) is 0 Å². The number of aryl methyl sites for hydroxylation is 4. The molecule has 0 amide bonds. The molecule has 0 saturated carbocycles. The number of hydrogen-bond donors (Lipinski definition) is 1. The Labute approximate surface area is 332 Å². The second-order valence-electron chi connectivity index (χ2n) is 12.1. The Morgan fingerprint density at radius 1 is 0.679 bits per heavy atom. The molecule has 4 aromatic heterocycles. The van der Waals surface area contributed by atoms with E-state index >= 15 is 0 Å². The first-order chi connectivity index (χ1) is 27.1. The number of nitrogens with zero attached hydrogens (tertiary/aromatic N) is 8. The molecule has 11 nitrogen and oxygen atoms in total. The van der Waals surface area contributed by atoms with E-state index in [0.29, 0.717) is 67.1 Å². The average Bonchev–Trinajstić information content (AvgIpc) is 3.90. The Kier molecular flexibility index (Phi) is 19.9. The Morgan fingerprint density at radius 3 is 1.64 bits per heavy atom. The van der Waals surface area contributed by atoms with Crippen LogP contribution in [-0.2, 0) is 30.5 Å². The van der Waals surface area contributed by atoms with Crippen molar-refractivity contribution < 1.29 is 18.4 Å². The van der Waals surface area contributed by atoms with Crippen molar-refractivity contribution in [3.8, 4) is 22.8 Å². The van der Waals surface area contributed by atoms with E-state index in [1.54, 1.807) is 75.0 Å². The zero-order valence-corrected chi connectivity index (χ0v) is 33.4. The lowest BCUT2D eigenvalue weighted by Gasteiger charge is -2.13. The number of carbonyl (C=O) groups is 2. The number of aromatic amines is 1. The van der Waals surface area contributed by atoms with Gasteiger partial charge in [-0.3, -0.25) is 24.7 Å². The van der Waals surface area contributed by atoms with E-state index in [0.717, 1.165) is 17.0 Å². The quantitative estimate of drug-likeness (QED) is 0.114. The first-order valence-electron chi connectivity index (χ1n) is 18.7. The summed E-state index contributed by atoms with van der Waals surface area (Å²) in [5.41, 5.74) is 2.89. The van der Waals surface area contributed by atoms with Crippen molar-refractivity contribution in [2.45, 2.75) is 73.1 Å². The van der Waals surface area contributed by atoms with Gasteiger partial charge in [0, 0.05) is 61.6 Å². The first kappa shape index (κ1) is 44.9. The summed E-state index contributed by atoms with van der Waals surface area (Å²) in [6.07, 6.45) is 9.58. The Morgan fingerprint density at radius 2 is 1.20 bits per heavy atom. The Bertz CT molecular complexity index is 2030. The van der Waals surface area contributed by atoms with Crippen molar-refractivity contribution >= 4 is 22.8 Å². The van der Waals surface area contributed by atoms with E-state index in [-0.39, 0.29) is 22.8 Å². The molecule has 0 fully saturated rings. The van der Waals surface area contributed by atoms with Crippen LogP contribution in [0.1, 0.15) is 75.0 Å². The molecule has 0 aliphatic carbocycles. The number of halogens is 3. The summed E-state index contributed by atoms with van der Waals surface area (Å²) in [6.45, 7) is 13.6. The molecule has 6 aromatic rings. The number of benzene rings is 2. The molecule has 14 heteroatoms. The van der Waals surface area contributed by atoms with E-state index in [1.807, 2.05) is 24.3 Å². The van der Waals surface area contributed by atoms with Gasteiger partial charge in [0.2, 0.25) is 11.1 Å². The van der Waals surface area contributed by atoms with Crippen LogP contribution in [0.3, 0.4) is 0 Å². The van der Waals surface area contributed by atoms with Gasteiger partial charge >= 0.3 is 0 Å². The van der Waals surface area contributed by atoms with Crippen molar-refractivity contribution in [2.75, 3.05) is 19.6 Å². The largest absolute Gasteiger partial charge is 0.304 e. The van der Waals surface area contributed by atoms with Gasteiger partial charge in [-0.05, 0) is 91.6 Å². The van der Waals surface area contributed by atoms with E-state index in [1.165, 1.54) is 36.4 Å². The van der Waals surface area contributed by atoms with Crippen LogP contribution in [0.4, 0.5) is 8.78 Å². The summed E-state index contributed by atoms with van der Waals surface area (Å²) in [4.78, 5) is 41.0. The zero-order chi connectivity index (χ0) is 40.7. The molecular weight excluding hydrogens is 736 g/mol. The second-order valence-corrected chi connectivity index (χ2v) is 12.5. The number of H-pyrrole nitrogens is 1. The highest BCUT2D eigenvalue weighted by atomic mass is 35.5. The molecule has 0 aliphatic heterocycles. The normalized spacial score (nSPS) is 10.4. The molecule has 2 aromatic carbocycles. The summed E-state index contributed by atoms with van der Waals surface area (Å²) in [5.74, 6) is 1.77. The molecule has 0 atom stereocenters. The van der Waals surface area contributed by atoms with Crippen molar-refractivity contribution in [1.82, 2.24) is 44.8 Å². The highest BCUT2D eigenvalue weighted by molar-refractivity contribution is 6.63. The molecule has 6 rings (SSSR count). The molecule has 56 heavy (non-hydrogen) atoms. The highest BCUT2D eigenvalue weighted by Gasteiger charge is 2.17. The number of carbonyl (C=O) groups excluding carboxylic acids is 2. The summed E-state index contributed by atoms with van der Waals surface area (Å²) >= 11 is 4.82. The lowest BCUT2D eigenvalue weighted by Crippen LogP contribution is -2.21. The standard InChI is InChI=1S/C18H17FN4O.C15H13FN4.C6H15N.C3H5ClO/c1-2-17(24)23-16(10-9-13-6-3-4-8-15(13)19)21-18(22-23)14-7-5-11-20-12-14;16-13-6-2-1-4-11(13)7-8-14-18-15(20-19-14)12-5-3-9-17-10-12;1-4-7(5-2)6-3;1-2-3(4)5/h3-8,11-12H,2,9-10H2,1H3;1-6,9-10H,7-8H2,(H,18,19,20);4-6H2,1-3H3;2H2,1H3. The third-order valence-electron chi connectivity index (χ3n) is 8.37. The maximum Gasteiger partial charge on any atom is 0.248 e. The summed E-state index contributed by atoms with van der Waals surface area (Å²) < 4.78 is 28.6. The van der Waals surface area contributed by atoms with Crippen LogP contribution in [0.15, 0.2) is 97.6 Å². The first-order valence-corrected chi connectivity index (χ1v) is 19.1. The average molecular weight is 786 g/mol. The van der Waals surface area contributed by atoms with Crippen molar-refractivity contribution in [2.24, 2.45) is 0 Å². The molecule has 0 unspecified atom stereocenters. The number of nitrogens with one attached hydrogen (secondary N) is 1. The number of hydrogen-bond acceptors (Lipinski definition) is 9. The number of aromatic nitrogens is 8. The van der Waals surface area contributed by atoms with Gasteiger partial charge in [0.05, 0.1) is 0 Å². The molecule has 0 aliphatic rings. The molecule has 1 N–H and O–H groups in total. The third-order valence-corrected chi connectivity index (χ3v) is 8.64. The minimum absolute atomic E-state index is 0.138. The molecule has 0 radical (unpaired) electrons. The van der Waals surface area contributed by atoms with Crippen molar-refractivity contribution in [3.63, 3.8) is 0 Å². The van der Waals surface area contributed by atoms with Crippen molar-refractivity contribution in [3.05, 3.63) is 132 Å². The van der Waals surface area contributed by atoms with Gasteiger partial charge in [0.15, 0.2) is 11.6 Å². The SMILES string of the molecule is CCC(=O)Cl.CCC(=O)n1nc(-c2cccnc2)nc1CCc1ccccc1F.CCN(CC)CC.Fc1ccccc1CCc1nc(-c2cccnc2)n[nH]1. The minimum atomic E-state index is -0.273. The van der Waals surface area contributed by atoms with Gasteiger partial charge in [-0.2, -0.15) is 9.78 Å². The van der Waals surface area contributed by atoms with Crippen molar-refractivity contribution in [1.29, 1.82) is 0 Å². The van der Waals surface area contributed by atoms with Gasteiger partial charge in [-0.25, -0.2) is 18.7 Å². The fourth-order valence-electron chi connectivity index (χ4n) is 5.08. The van der Waals surface area contributed by atoms with Gasteiger partial charge in [-0.1, -0.05) is 71.0 Å². The predicted molar refractivity (Wildman–Crippen MR) is 216 cm³/mol. The van der Waals surface area contributed by atoms with E-state index < -0.39 is 0 Å². The van der Waals surface area contributed by atoms with E-state index in [2.05, 4.69) is 60.9 Å². The predicted octanol–water partition coefficient (Wildman–Crippen LogP) is 8.62. The van der Waals surface area contributed by atoms with Crippen LogP contribution >= 0.6 is 11.6 Å². The molecule has 0 saturated heterocycles. The monoisotopic (exact) mass is 785 g/mol. The maximum atomic E-state index is 13.8. The second kappa shape index (κ2) is 24.8. The van der Waals surface area contributed by atoms with Crippen LogP contribution in [0, 0.1) is 11.6 Å². The number of rotatable bonds is 13. The van der Waals surface area contributed by atoms with E-state index in [4.69, 9.17) is 11.6 Å². The molecule has 4 heterocycles. The lowest BCUT2D eigenvalue weighted by molar-refractivity contribution is -0.111.